The fourth-order valence-electron chi connectivity index (χ4n) is 3.35. The molecule has 1 atom stereocenters. The largest absolute Gasteiger partial charge is 0.368 e. The SMILES string of the molecule is Fc1cccc(N2CCN3CCCCC3C2)c1CBr. The van der Waals surface area contributed by atoms with Crippen molar-refractivity contribution in [2.24, 2.45) is 0 Å². The van der Waals surface area contributed by atoms with Crippen molar-refractivity contribution in [3.05, 3.63) is 29.6 Å². The highest BCUT2D eigenvalue weighted by Gasteiger charge is 2.29. The molecule has 2 fully saturated rings. The second-order valence-corrected chi connectivity index (χ2v) is 6.06. The summed E-state index contributed by atoms with van der Waals surface area (Å²) < 4.78 is 13.9. The van der Waals surface area contributed by atoms with E-state index in [2.05, 4.69) is 31.8 Å². The molecule has 0 aromatic heterocycles. The van der Waals surface area contributed by atoms with Gasteiger partial charge in [-0.15, -0.1) is 0 Å². The number of piperazine rings is 1. The molecule has 0 saturated carbocycles. The summed E-state index contributed by atoms with van der Waals surface area (Å²) in [5.74, 6) is -0.0968. The first-order chi connectivity index (χ1) is 9.29. The van der Waals surface area contributed by atoms with Gasteiger partial charge in [-0.2, -0.15) is 0 Å². The first-order valence-electron chi connectivity index (χ1n) is 7.12. The maximum absolute atomic E-state index is 13.9. The van der Waals surface area contributed by atoms with Gasteiger partial charge in [0.15, 0.2) is 0 Å². The third kappa shape index (κ3) is 2.65. The summed E-state index contributed by atoms with van der Waals surface area (Å²) in [4.78, 5) is 4.97. The van der Waals surface area contributed by atoms with E-state index in [4.69, 9.17) is 0 Å². The normalized spacial score (nSPS) is 24.3. The highest BCUT2D eigenvalue weighted by molar-refractivity contribution is 9.08. The molecular formula is C15H20BrFN2. The van der Waals surface area contributed by atoms with Crippen LogP contribution in [0.25, 0.3) is 0 Å². The summed E-state index contributed by atoms with van der Waals surface area (Å²) in [6.07, 6.45) is 3.96. The maximum atomic E-state index is 13.9. The van der Waals surface area contributed by atoms with E-state index in [1.165, 1.54) is 25.8 Å². The number of nitrogens with zero attached hydrogens (tertiary/aromatic N) is 2. The Kier molecular flexibility index (Phi) is 4.08. The van der Waals surface area contributed by atoms with Crippen molar-refractivity contribution in [1.82, 2.24) is 4.90 Å². The predicted octanol–water partition coefficient (Wildman–Crippen LogP) is 3.40. The predicted molar refractivity (Wildman–Crippen MR) is 80.5 cm³/mol. The maximum Gasteiger partial charge on any atom is 0.129 e. The van der Waals surface area contributed by atoms with Crippen LogP contribution in [0.1, 0.15) is 24.8 Å². The van der Waals surface area contributed by atoms with Gasteiger partial charge in [-0.25, -0.2) is 4.39 Å². The molecule has 2 heterocycles. The number of piperidine rings is 1. The van der Waals surface area contributed by atoms with Crippen molar-refractivity contribution in [1.29, 1.82) is 0 Å². The molecule has 0 N–H and O–H groups in total. The molecule has 3 rings (SSSR count). The molecule has 1 aromatic carbocycles. The fraction of sp³-hybridized carbons (Fsp3) is 0.600. The molecule has 0 aliphatic carbocycles. The summed E-state index contributed by atoms with van der Waals surface area (Å²) in [5, 5.41) is 0.583. The summed E-state index contributed by atoms with van der Waals surface area (Å²) in [7, 11) is 0. The van der Waals surface area contributed by atoms with Gasteiger partial charge in [-0.3, -0.25) is 4.90 Å². The standard InChI is InChI=1S/C15H20BrFN2/c16-10-13-14(17)5-3-6-15(13)19-9-8-18-7-2-1-4-12(18)11-19/h3,5-6,12H,1-2,4,7-11H2. The lowest BCUT2D eigenvalue weighted by Gasteiger charge is -2.45. The Balaban J connectivity index is 1.81. The van der Waals surface area contributed by atoms with Crippen LogP contribution in [0.3, 0.4) is 0 Å². The molecular weight excluding hydrogens is 307 g/mol. The molecule has 0 amide bonds. The molecule has 19 heavy (non-hydrogen) atoms. The molecule has 104 valence electrons. The monoisotopic (exact) mass is 326 g/mol. The van der Waals surface area contributed by atoms with E-state index in [0.717, 1.165) is 30.9 Å². The van der Waals surface area contributed by atoms with Crippen LogP contribution in [-0.4, -0.2) is 37.1 Å². The zero-order valence-electron chi connectivity index (χ0n) is 11.1. The molecule has 2 aliphatic heterocycles. The van der Waals surface area contributed by atoms with E-state index in [-0.39, 0.29) is 5.82 Å². The van der Waals surface area contributed by atoms with E-state index >= 15 is 0 Å². The Bertz CT molecular complexity index is 452. The highest BCUT2D eigenvalue weighted by Crippen LogP contribution is 2.29. The quantitative estimate of drug-likeness (QED) is 0.768. The average Bonchev–Trinajstić information content (AvgIpc) is 2.46. The van der Waals surface area contributed by atoms with Crippen LogP contribution in [0, 0.1) is 5.82 Å². The molecule has 2 aliphatic rings. The summed E-state index contributed by atoms with van der Waals surface area (Å²) in [5.41, 5.74) is 1.87. The number of alkyl halides is 1. The minimum atomic E-state index is -0.0968. The zero-order valence-corrected chi connectivity index (χ0v) is 12.7. The first kappa shape index (κ1) is 13.4. The van der Waals surface area contributed by atoms with Gasteiger partial charge in [0, 0.05) is 42.3 Å². The summed E-state index contributed by atoms with van der Waals surface area (Å²) in [6, 6.07) is 6.09. The molecule has 4 heteroatoms. The number of fused-ring (bicyclic) bond motifs is 1. The third-order valence-corrected chi connectivity index (χ3v) is 4.97. The molecule has 0 spiro atoms. The van der Waals surface area contributed by atoms with Crippen molar-refractivity contribution < 1.29 is 4.39 Å². The molecule has 1 aromatic rings. The minimum Gasteiger partial charge on any atom is -0.368 e. The zero-order chi connectivity index (χ0) is 13.2. The Morgan fingerprint density at radius 1 is 1.21 bits per heavy atom. The second kappa shape index (κ2) is 5.80. The molecule has 2 saturated heterocycles. The number of benzene rings is 1. The Morgan fingerprint density at radius 3 is 2.95 bits per heavy atom. The van der Waals surface area contributed by atoms with Gasteiger partial charge in [0.2, 0.25) is 0 Å². The van der Waals surface area contributed by atoms with Crippen LogP contribution >= 0.6 is 15.9 Å². The van der Waals surface area contributed by atoms with Crippen LogP contribution < -0.4 is 4.90 Å². The van der Waals surface area contributed by atoms with Gasteiger partial charge in [0.05, 0.1) is 0 Å². The van der Waals surface area contributed by atoms with Crippen molar-refractivity contribution >= 4 is 21.6 Å². The van der Waals surface area contributed by atoms with Gasteiger partial charge in [0.25, 0.3) is 0 Å². The Hall–Kier alpha value is -0.610. The fourth-order valence-corrected chi connectivity index (χ4v) is 3.91. The number of halogens is 2. The molecule has 1 unspecified atom stereocenters. The van der Waals surface area contributed by atoms with E-state index in [1.807, 2.05) is 6.07 Å². The smallest absolute Gasteiger partial charge is 0.129 e. The number of rotatable bonds is 2. The number of hydrogen-bond donors (Lipinski definition) is 0. The molecule has 2 nitrogen and oxygen atoms in total. The number of hydrogen-bond acceptors (Lipinski definition) is 2. The van der Waals surface area contributed by atoms with Crippen LogP contribution in [0.5, 0.6) is 0 Å². The first-order valence-corrected chi connectivity index (χ1v) is 8.24. The van der Waals surface area contributed by atoms with Crippen molar-refractivity contribution in [3.63, 3.8) is 0 Å². The van der Waals surface area contributed by atoms with Gasteiger partial charge in [-0.05, 0) is 31.5 Å². The van der Waals surface area contributed by atoms with Crippen LogP contribution in [-0.2, 0) is 5.33 Å². The second-order valence-electron chi connectivity index (χ2n) is 5.50. The van der Waals surface area contributed by atoms with Crippen LogP contribution in [0.15, 0.2) is 18.2 Å². The lowest BCUT2D eigenvalue weighted by molar-refractivity contribution is 0.133. The van der Waals surface area contributed by atoms with E-state index in [9.17, 15) is 4.39 Å². The van der Waals surface area contributed by atoms with Crippen molar-refractivity contribution in [2.75, 3.05) is 31.1 Å². The summed E-state index contributed by atoms with van der Waals surface area (Å²) in [6.45, 7) is 4.42. The van der Waals surface area contributed by atoms with Gasteiger partial charge >= 0.3 is 0 Å². The third-order valence-electron chi connectivity index (χ3n) is 4.41. The lowest BCUT2D eigenvalue weighted by atomic mass is 9.98. The molecule has 0 radical (unpaired) electrons. The van der Waals surface area contributed by atoms with E-state index in [1.54, 1.807) is 6.07 Å². The minimum absolute atomic E-state index is 0.0968. The average molecular weight is 327 g/mol. The van der Waals surface area contributed by atoms with E-state index in [0.29, 0.717) is 11.4 Å². The van der Waals surface area contributed by atoms with Gasteiger partial charge in [-0.1, -0.05) is 28.4 Å². The summed E-state index contributed by atoms with van der Waals surface area (Å²) >= 11 is 3.42. The topological polar surface area (TPSA) is 6.48 Å². The van der Waals surface area contributed by atoms with Gasteiger partial charge in [0.1, 0.15) is 5.82 Å². The van der Waals surface area contributed by atoms with Crippen LogP contribution in [0.4, 0.5) is 10.1 Å². The van der Waals surface area contributed by atoms with Crippen molar-refractivity contribution in [3.8, 4) is 0 Å². The lowest BCUT2D eigenvalue weighted by Crippen LogP contribution is -2.55. The van der Waals surface area contributed by atoms with E-state index < -0.39 is 0 Å². The highest BCUT2D eigenvalue weighted by atomic mass is 79.9. The van der Waals surface area contributed by atoms with Crippen molar-refractivity contribution in [2.45, 2.75) is 30.6 Å². The Labute approximate surface area is 122 Å². The van der Waals surface area contributed by atoms with Gasteiger partial charge < -0.3 is 4.90 Å². The van der Waals surface area contributed by atoms with Crippen LogP contribution in [0.2, 0.25) is 0 Å². The Morgan fingerprint density at radius 2 is 2.11 bits per heavy atom. The molecule has 0 bridgehead atoms. The number of anilines is 1.